The van der Waals surface area contributed by atoms with E-state index < -0.39 is 0 Å². The molecule has 2 aromatic rings. The lowest BCUT2D eigenvalue weighted by molar-refractivity contribution is 0.0329. The highest BCUT2D eigenvalue weighted by atomic mass is 79.9. The molecule has 0 radical (unpaired) electrons. The minimum Gasteiger partial charge on any atom is -0.379 e. The van der Waals surface area contributed by atoms with Gasteiger partial charge < -0.3 is 4.74 Å². The zero-order valence-electron chi connectivity index (χ0n) is 9.34. The molecule has 1 fully saturated rings. The van der Waals surface area contributed by atoms with Crippen LogP contribution in [0.5, 0.6) is 0 Å². The van der Waals surface area contributed by atoms with Crippen LogP contribution in [0, 0.1) is 0 Å². The summed E-state index contributed by atoms with van der Waals surface area (Å²) in [4.78, 5) is 2.33. The molecule has 3 rings (SSSR count). The van der Waals surface area contributed by atoms with Crippen LogP contribution in [0.2, 0.25) is 0 Å². The molecular weight excluding hydrogens is 284 g/mol. The Hall–Kier alpha value is -0.980. The molecule has 1 saturated heterocycles. The van der Waals surface area contributed by atoms with Gasteiger partial charge in [0.05, 0.1) is 24.2 Å². The van der Waals surface area contributed by atoms with E-state index in [-0.39, 0.29) is 0 Å². The van der Waals surface area contributed by atoms with Gasteiger partial charge in [0.2, 0.25) is 0 Å². The molecule has 0 saturated carbocycles. The van der Waals surface area contributed by atoms with Crippen molar-refractivity contribution in [2.45, 2.75) is 6.54 Å². The van der Waals surface area contributed by atoms with Crippen LogP contribution < -0.4 is 0 Å². The number of halogens is 1. The van der Waals surface area contributed by atoms with E-state index in [1.165, 1.54) is 0 Å². The molecule has 90 valence electrons. The molecule has 0 amide bonds. The molecule has 0 atom stereocenters. The molecule has 5 nitrogen and oxygen atoms in total. The summed E-state index contributed by atoms with van der Waals surface area (Å²) in [6.45, 7) is 4.35. The highest BCUT2D eigenvalue weighted by Crippen LogP contribution is 2.17. The molecule has 1 aliphatic rings. The molecule has 0 aromatic carbocycles. The van der Waals surface area contributed by atoms with Gasteiger partial charge in [-0.25, -0.2) is 0 Å². The molecule has 1 aliphatic heterocycles. The van der Waals surface area contributed by atoms with Gasteiger partial charge in [-0.15, -0.1) is 10.2 Å². The number of hydrogen-bond donors (Lipinski definition) is 0. The summed E-state index contributed by atoms with van der Waals surface area (Å²) in [6, 6.07) is 3.96. The highest BCUT2D eigenvalue weighted by Gasteiger charge is 2.14. The maximum absolute atomic E-state index is 5.33. The Labute approximate surface area is 108 Å². The van der Waals surface area contributed by atoms with E-state index >= 15 is 0 Å². The van der Waals surface area contributed by atoms with Crippen LogP contribution in [0.15, 0.2) is 22.8 Å². The Morgan fingerprint density at radius 3 is 2.94 bits per heavy atom. The molecule has 3 heterocycles. The third-order valence-corrected chi connectivity index (χ3v) is 3.55. The largest absolute Gasteiger partial charge is 0.379 e. The first-order valence-electron chi connectivity index (χ1n) is 5.63. The summed E-state index contributed by atoms with van der Waals surface area (Å²) in [7, 11) is 0. The summed E-state index contributed by atoms with van der Waals surface area (Å²) in [6.07, 6.45) is 2.00. The predicted octanol–water partition coefficient (Wildman–Crippen LogP) is 1.32. The molecule has 0 unspecified atom stereocenters. The van der Waals surface area contributed by atoms with Crippen molar-refractivity contribution in [3.05, 3.63) is 28.6 Å². The normalized spacial score (nSPS) is 17.7. The second-order valence-corrected chi connectivity index (χ2v) is 4.91. The Kier molecular flexibility index (Phi) is 3.09. The maximum atomic E-state index is 5.33. The van der Waals surface area contributed by atoms with Gasteiger partial charge in [0, 0.05) is 19.3 Å². The molecule has 0 aliphatic carbocycles. The first-order chi connectivity index (χ1) is 8.34. The lowest BCUT2D eigenvalue weighted by Gasteiger charge is -2.25. The number of pyridine rings is 1. The van der Waals surface area contributed by atoms with Crippen molar-refractivity contribution < 1.29 is 4.74 Å². The second-order valence-electron chi connectivity index (χ2n) is 4.05. The number of ether oxygens (including phenoxy) is 1. The quantitative estimate of drug-likeness (QED) is 0.838. The number of hydrogen-bond acceptors (Lipinski definition) is 4. The van der Waals surface area contributed by atoms with Gasteiger partial charge in [0.15, 0.2) is 11.5 Å². The maximum Gasteiger partial charge on any atom is 0.175 e. The monoisotopic (exact) mass is 296 g/mol. The average Bonchev–Trinajstić information content (AvgIpc) is 2.76. The topological polar surface area (TPSA) is 42.7 Å². The van der Waals surface area contributed by atoms with E-state index in [1.807, 2.05) is 22.7 Å². The van der Waals surface area contributed by atoms with Gasteiger partial charge in [-0.3, -0.25) is 9.30 Å². The van der Waals surface area contributed by atoms with Crippen molar-refractivity contribution in [3.63, 3.8) is 0 Å². The van der Waals surface area contributed by atoms with Crippen LogP contribution in [0.25, 0.3) is 5.65 Å². The van der Waals surface area contributed by atoms with Crippen molar-refractivity contribution in [2.75, 3.05) is 26.3 Å². The van der Waals surface area contributed by atoms with Gasteiger partial charge in [-0.05, 0) is 28.1 Å². The fourth-order valence-corrected chi connectivity index (χ4v) is 2.42. The van der Waals surface area contributed by atoms with Crippen LogP contribution in [0.1, 0.15) is 5.82 Å². The summed E-state index contributed by atoms with van der Waals surface area (Å²) in [5.41, 5.74) is 0.871. The number of morpholine rings is 1. The lowest BCUT2D eigenvalue weighted by Crippen LogP contribution is -2.36. The van der Waals surface area contributed by atoms with Gasteiger partial charge in [0.1, 0.15) is 0 Å². The molecule has 0 bridgehead atoms. The van der Waals surface area contributed by atoms with E-state index in [9.17, 15) is 0 Å². The standard InChI is InChI=1S/C11H13BrN4O/c12-9-2-1-3-16-10(13-14-11(9)16)8-15-4-6-17-7-5-15/h1-3H,4-8H2. The van der Waals surface area contributed by atoms with Gasteiger partial charge in [0.25, 0.3) is 0 Å². The summed E-state index contributed by atoms with van der Waals surface area (Å²) in [5, 5.41) is 8.44. The van der Waals surface area contributed by atoms with E-state index in [1.54, 1.807) is 0 Å². The molecule has 17 heavy (non-hydrogen) atoms. The first kappa shape index (κ1) is 11.1. The van der Waals surface area contributed by atoms with Gasteiger partial charge in [-0.2, -0.15) is 0 Å². The third kappa shape index (κ3) is 2.20. The van der Waals surface area contributed by atoms with Crippen molar-refractivity contribution in [1.82, 2.24) is 19.5 Å². The highest BCUT2D eigenvalue weighted by molar-refractivity contribution is 9.10. The van der Waals surface area contributed by atoms with Crippen LogP contribution >= 0.6 is 15.9 Å². The fourth-order valence-electron chi connectivity index (χ4n) is 2.00. The average molecular weight is 297 g/mol. The Morgan fingerprint density at radius 1 is 1.29 bits per heavy atom. The van der Waals surface area contributed by atoms with E-state index in [4.69, 9.17) is 4.74 Å². The Balaban J connectivity index is 1.87. The first-order valence-corrected chi connectivity index (χ1v) is 6.42. The van der Waals surface area contributed by atoms with Gasteiger partial charge >= 0.3 is 0 Å². The SMILES string of the molecule is Brc1cccn2c(CN3CCOCC3)nnc12. The van der Waals surface area contributed by atoms with E-state index in [2.05, 4.69) is 31.0 Å². The molecule has 0 spiro atoms. The fraction of sp³-hybridized carbons (Fsp3) is 0.455. The van der Waals surface area contributed by atoms with Crippen LogP contribution in [-0.4, -0.2) is 45.8 Å². The van der Waals surface area contributed by atoms with Crippen LogP contribution in [0.3, 0.4) is 0 Å². The summed E-state index contributed by atoms with van der Waals surface area (Å²) >= 11 is 3.48. The number of rotatable bonds is 2. The zero-order chi connectivity index (χ0) is 11.7. The Bertz CT molecular complexity index is 521. The Morgan fingerprint density at radius 2 is 2.12 bits per heavy atom. The molecule has 6 heteroatoms. The van der Waals surface area contributed by atoms with E-state index in [0.717, 1.165) is 48.8 Å². The van der Waals surface area contributed by atoms with Gasteiger partial charge in [-0.1, -0.05) is 0 Å². The summed E-state index contributed by atoms with van der Waals surface area (Å²) in [5.74, 6) is 0.975. The molecular formula is C11H13BrN4O. The van der Waals surface area contributed by atoms with Crippen LogP contribution in [0.4, 0.5) is 0 Å². The number of fused-ring (bicyclic) bond motifs is 1. The van der Waals surface area contributed by atoms with Crippen molar-refractivity contribution in [3.8, 4) is 0 Å². The van der Waals surface area contributed by atoms with Crippen LogP contribution in [-0.2, 0) is 11.3 Å². The third-order valence-electron chi connectivity index (χ3n) is 2.93. The van der Waals surface area contributed by atoms with Crippen molar-refractivity contribution >= 4 is 21.6 Å². The number of nitrogens with zero attached hydrogens (tertiary/aromatic N) is 4. The second kappa shape index (κ2) is 4.72. The molecule has 2 aromatic heterocycles. The van der Waals surface area contributed by atoms with Crippen molar-refractivity contribution in [1.29, 1.82) is 0 Å². The van der Waals surface area contributed by atoms with E-state index in [0.29, 0.717) is 0 Å². The lowest BCUT2D eigenvalue weighted by atomic mass is 10.4. The minimum absolute atomic E-state index is 0.806. The predicted molar refractivity (Wildman–Crippen MR) is 66.8 cm³/mol. The molecule has 0 N–H and O–H groups in total. The minimum atomic E-state index is 0.806. The van der Waals surface area contributed by atoms with Crippen molar-refractivity contribution in [2.24, 2.45) is 0 Å². The number of aromatic nitrogens is 3. The summed E-state index contributed by atoms with van der Waals surface area (Å²) < 4.78 is 8.33. The smallest absolute Gasteiger partial charge is 0.175 e. The zero-order valence-corrected chi connectivity index (χ0v) is 10.9.